The highest BCUT2D eigenvalue weighted by Gasteiger charge is 2.32. The monoisotopic (exact) mass is 221 g/mol. The maximum absolute atomic E-state index is 12.9. The molecule has 0 bridgehead atoms. The van der Waals surface area contributed by atoms with Crippen LogP contribution < -0.4 is 0 Å². The van der Waals surface area contributed by atoms with Crippen LogP contribution in [-0.4, -0.2) is 24.6 Å². The predicted molar refractivity (Wildman–Crippen MR) is 54.4 cm³/mol. The first kappa shape index (κ1) is 10.5. The largest absolute Gasteiger partial charge is 0.463 e. The normalized spacial score (nSPS) is 21.9. The number of fused-ring (bicyclic) bond motifs is 1. The second-order valence-corrected chi connectivity index (χ2v) is 3.33. The second kappa shape index (κ2) is 3.84. The summed E-state index contributed by atoms with van der Waals surface area (Å²) in [6, 6.07) is 0. The van der Waals surface area contributed by atoms with Gasteiger partial charge in [-0.15, -0.1) is 0 Å². The number of hydrogen-bond donors (Lipinski definition) is 0. The van der Waals surface area contributed by atoms with Crippen LogP contribution in [0.2, 0.25) is 0 Å². The van der Waals surface area contributed by atoms with Gasteiger partial charge >= 0.3 is 5.97 Å². The van der Waals surface area contributed by atoms with E-state index in [1.165, 1.54) is 24.4 Å². The van der Waals surface area contributed by atoms with Crippen LogP contribution in [0.15, 0.2) is 40.8 Å². The van der Waals surface area contributed by atoms with Crippen molar-refractivity contribution in [3.05, 3.63) is 35.8 Å². The van der Waals surface area contributed by atoms with Crippen LogP contribution in [0.5, 0.6) is 0 Å². The fraction of sp³-hybridized carbons (Fsp3) is 0.182. The molecule has 2 aliphatic rings. The van der Waals surface area contributed by atoms with E-state index in [-0.39, 0.29) is 5.57 Å². The Kier molecular flexibility index (Phi) is 2.52. The van der Waals surface area contributed by atoms with E-state index in [0.29, 0.717) is 5.71 Å². The van der Waals surface area contributed by atoms with Crippen LogP contribution in [-0.2, 0) is 14.3 Å². The van der Waals surface area contributed by atoms with Crippen molar-refractivity contribution in [2.24, 2.45) is 10.9 Å². The molecule has 0 spiro atoms. The maximum Gasteiger partial charge on any atom is 0.379 e. The number of allylic oxidation sites excluding steroid dienone is 4. The van der Waals surface area contributed by atoms with Gasteiger partial charge in [-0.2, -0.15) is 0 Å². The van der Waals surface area contributed by atoms with E-state index < -0.39 is 23.5 Å². The minimum absolute atomic E-state index is 0.210. The third-order valence-electron chi connectivity index (χ3n) is 2.37. The zero-order valence-corrected chi connectivity index (χ0v) is 8.44. The molecule has 0 unspecified atom stereocenters. The minimum atomic E-state index is -0.939. The molecule has 0 amide bonds. The first-order valence-corrected chi connectivity index (χ1v) is 4.59. The van der Waals surface area contributed by atoms with Crippen molar-refractivity contribution in [3.8, 4) is 0 Å². The molecule has 2 rings (SSSR count). The number of Topliss-reactive ketones (excluding diaryl/α,β-unsaturated/α-hetero) is 1. The Morgan fingerprint density at radius 1 is 1.50 bits per heavy atom. The molecule has 1 heterocycles. The second-order valence-electron chi connectivity index (χ2n) is 3.33. The molecule has 16 heavy (non-hydrogen) atoms. The summed E-state index contributed by atoms with van der Waals surface area (Å²) < 4.78 is 17.2. The molecule has 0 aromatic rings. The first-order chi connectivity index (χ1) is 7.63. The van der Waals surface area contributed by atoms with Crippen LogP contribution in [0.4, 0.5) is 4.39 Å². The molecule has 0 saturated heterocycles. The van der Waals surface area contributed by atoms with Gasteiger partial charge in [-0.25, -0.2) is 9.18 Å². The Labute approximate surface area is 90.8 Å². The first-order valence-electron chi connectivity index (χ1n) is 4.59. The number of halogens is 1. The molecule has 0 saturated carbocycles. The maximum atomic E-state index is 12.9. The Morgan fingerprint density at radius 2 is 2.25 bits per heavy atom. The van der Waals surface area contributed by atoms with E-state index >= 15 is 0 Å². The SMILES string of the molecule is COC(=O)C(=O)C1=CN=C2C=C(F)C=C[C@H]12. The number of hydrogen-bond acceptors (Lipinski definition) is 4. The number of rotatable bonds is 2. The number of methoxy groups -OCH3 is 1. The molecular weight excluding hydrogens is 213 g/mol. The highest BCUT2D eigenvalue weighted by Crippen LogP contribution is 2.27. The van der Waals surface area contributed by atoms with Crippen molar-refractivity contribution in [3.63, 3.8) is 0 Å². The molecule has 1 aliphatic heterocycles. The van der Waals surface area contributed by atoms with Crippen molar-refractivity contribution in [1.82, 2.24) is 0 Å². The van der Waals surface area contributed by atoms with Crippen molar-refractivity contribution in [2.45, 2.75) is 0 Å². The van der Waals surface area contributed by atoms with E-state index in [2.05, 4.69) is 9.73 Å². The standard InChI is InChI=1S/C11H8FNO3/c1-16-11(15)10(14)8-5-13-9-4-6(12)2-3-7(8)9/h2-5,7H,1H3/t7-/m1/s1. The number of aliphatic imine (C=N–C) groups is 1. The predicted octanol–water partition coefficient (Wildman–Crippen LogP) is 1.11. The van der Waals surface area contributed by atoms with Gasteiger partial charge < -0.3 is 4.74 Å². The van der Waals surface area contributed by atoms with Gasteiger partial charge in [0.2, 0.25) is 0 Å². The number of ketones is 1. The summed E-state index contributed by atoms with van der Waals surface area (Å²) in [4.78, 5) is 26.5. The number of nitrogens with zero attached hydrogens (tertiary/aromatic N) is 1. The smallest absolute Gasteiger partial charge is 0.379 e. The average Bonchev–Trinajstić information content (AvgIpc) is 2.69. The Morgan fingerprint density at radius 3 is 2.94 bits per heavy atom. The number of carbonyl (C=O) groups excluding carboxylic acids is 2. The molecule has 0 aromatic carbocycles. The fourth-order valence-corrected chi connectivity index (χ4v) is 1.58. The zero-order valence-electron chi connectivity index (χ0n) is 8.44. The van der Waals surface area contributed by atoms with Crippen molar-refractivity contribution < 1.29 is 18.7 Å². The van der Waals surface area contributed by atoms with E-state index in [0.717, 1.165) is 7.11 Å². The summed E-state index contributed by atoms with van der Waals surface area (Å²) in [6.07, 6.45) is 5.25. The van der Waals surface area contributed by atoms with Crippen LogP contribution in [0, 0.1) is 5.92 Å². The van der Waals surface area contributed by atoms with Gasteiger partial charge in [0.15, 0.2) is 0 Å². The van der Waals surface area contributed by atoms with Crippen LogP contribution >= 0.6 is 0 Å². The molecule has 5 heteroatoms. The Bertz CT molecular complexity index is 485. The van der Waals surface area contributed by atoms with Gasteiger partial charge in [-0.3, -0.25) is 9.79 Å². The summed E-state index contributed by atoms with van der Waals surface area (Å²) in [6.45, 7) is 0. The molecule has 0 fully saturated rings. The van der Waals surface area contributed by atoms with Crippen LogP contribution in [0.1, 0.15) is 0 Å². The Hall–Kier alpha value is -2.04. The fourth-order valence-electron chi connectivity index (χ4n) is 1.58. The van der Waals surface area contributed by atoms with E-state index in [1.54, 1.807) is 0 Å². The number of carbonyl (C=O) groups is 2. The van der Waals surface area contributed by atoms with Crippen molar-refractivity contribution >= 4 is 17.5 Å². The highest BCUT2D eigenvalue weighted by molar-refractivity contribution is 6.42. The lowest BCUT2D eigenvalue weighted by Gasteiger charge is -2.12. The third kappa shape index (κ3) is 1.60. The van der Waals surface area contributed by atoms with Gasteiger partial charge in [0, 0.05) is 11.8 Å². The quantitative estimate of drug-likeness (QED) is 0.518. The average molecular weight is 221 g/mol. The van der Waals surface area contributed by atoms with E-state index in [4.69, 9.17) is 0 Å². The molecule has 4 nitrogen and oxygen atoms in total. The lowest BCUT2D eigenvalue weighted by atomic mass is 9.90. The van der Waals surface area contributed by atoms with Crippen LogP contribution in [0.25, 0.3) is 0 Å². The summed E-state index contributed by atoms with van der Waals surface area (Å²) >= 11 is 0. The Balaban J connectivity index is 2.23. The van der Waals surface area contributed by atoms with Gasteiger partial charge in [0.05, 0.1) is 18.7 Å². The van der Waals surface area contributed by atoms with E-state index in [1.807, 2.05) is 0 Å². The molecule has 1 aliphatic carbocycles. The molecule has 0 aromatic heterocycles. The van der Waals surface area contributed by atoms with Crippen LogP contribution in [0.3, 0.4) is 0 Å². The van der Waals surface area contributed by atoms with Gasteiger partial charge in [-0.1, -0.05) is 6.08 Å². The number of ether oxygens (including phenoxy) is 1. The lowest BCUT2D eigenvalue weighted by molar-refractivity contribution is -0.149. The molecular formula is C11H8FNO3. The highest BCUT2D eigenvalue weighted by atomic mass is 19.1. The topological polar surface area (TPSA) is 55.7 Å². The zero-order chi connectivity index (χ0) is 11.7. The summed E-state index contributed by atoms with van der Waals surface area (Å²) in [5.74, 6) is -2.54. The lowest BCUT2D eigenvalue weighted by Crippen LogP contribution is -2.24. The molecule has 0 radical (unpaired) electrons. The third-order valence-corrected chi connectivity index (χ3v) is 2.37. The summed E-state index contributed by atoms with van der Waals surface area (Å²) in [5, 5.41) is 0. The van der Waals surface area contributed by atoms with E-state index in [9.17, 15) is 14.0 Å². The van der Waals surface area contributed by atoms with Crippen molar-refractivity contribution in [2.75, 3.05) is 7.11 Å². The van der Waals surface area contributed by atoms with Gasteiger partial charge in [-0.05, 0) is 12.2 Å². The van der Waals surface area contributed by atoms with Gasteiger partial charge in [0.25, 0.3) is 5.78 Å². The molecule has 82 valence electrons. The molecule has 0 N–H and O–H groups in total. The minimum Gasteiger partial charge on any atom is -0.463 e. The summed E-state index contributed by atoms with van der Waals surface area (Å²) in [5.41, 5.74) is 0.633. The number of esters is 1. The summed E-state index contributed by atoms with van der Waals surface area (Å²) in [7, 11) is 1.13. The molecule has 1 atom stereocenters. The van der Waals surface area contributed by atoms with Gasteiger partial charge in [0.1, 0.15) is 5.83 Å². The van der Waals surface area contributed by atoms with Crippen molar-refractivity contribution in [1.29, 1.82) is 0 Å².